The van der Waals surface area contributed by atoms with E-state index < -0.39 is 0 Å². The molecule has 0 aromatic heterocycles. The third-order valence-corrected chi connectivity index (χ3v) is 6.95. The van der Waals surface area contributed by atoms with Gasteiger partial charge >= 0.3 is 0 Å². The minimum atomic E-state index is -0.116. The fraction of sp³-hybridized carbons (Fsp3) is 0.680. The van der Waals surface area contributed by atoms with Crippen molar-refractivity contribution in [2.75, 3.05) is 37.6 Å². The summed E-state index contributed by atoms with van der Waals surface area (Å²) in [7, 11) is 0. The standard InChI is InChI=1S/C25H38N4O/c1-3-20-7-10-24(22(4-2)19-20)29-17-15-28(16-18-29)14-12-21-5-8-23(9-6-21)27-25(30)11-13-26/h7,10,19,21,23H,3-6,8-9,11-12,14-18H2,1-2H3,(H,27,30)/t21-,23-. The zero-order valence-corrected chi connectivity index (χ0v) is 18.8. The lowest BCUT2D eigenvalue weighted by molar-refractivity contribution is -0.121. The summed E-state index contributed by atoms with van der Waals surface area (Å²) in [5.41, 5.74) is 4.36. The van der Waals surface area contributed by atoms with Gasteiger partial charge in [0, 0.05) is 37.9 Å². The number of hydrogen-bond donors (Lipinski definition) is 1. The smallest absolute Gasteiger partial charge is 0.234 e. The van der Waals surface area contributed by atoms with E-state index in [4.69, 9.17) is 5.26 Å². The minimum Gasteiger partial charge on any atom is -0.369 e. The summed E-state index contributed by atoms with van der Waals surface area (Å²) in [5.74, 6) is 0.662. The summed E-state index contributed by atoms with van der Waals surface area (Å²) in [4.78, 5) is 16.8. The summed E-state index contributed by atoms with van der Waals surface area (Å²) in [5, 5.41) is 11.6. The Kier molecular flexibility index (Phi) is 8.57. The second-order valence-electron chi connectivity index (χ2n) is 8.91. The van der Waals surface area contributed by atoms with Gasteiger partial charge in [0.05, 0.1) is 6.07 Å². The van der Waals surface area contributed by atoms with Crippen LogP contribution >= 0.6 is 0 Å². The Morgan fingerprint density at radius 3 is 2.47 bits per heavy atom. The van der Waals surface area contributed by atoms with Crippen molar-refractivity contribution in [2.45, 2.75) is 71.3 Å². The van der Waals surface area contributed by atoms with E-state index in [1.54, 1.807) is 0 Å². The highest BCUT2D eigenvalue weighted by Gasteiger charge is 2.24. The third-order valence-electron chi connectivity index (χ3n) is 6.95. The monoisotopic (exact) mass is 410 g/mol. The third kappa shape index (κ3) is 6.22. The first-order valence-electron chi connectivity index (χ1n) is 11.9. The molecule has 0 atom stereocenters. The van der Waals surface area contributed by atoms with E-state index in [-0.39, 0.29) is 18.4 Å². The van der Waals surface area contributed by atoms with Crippen molar-refractivity contribution in [3.63, 3.8) is 0 Å². The van der Waals surface area contributed by atoms with Crippen LogP contribution in [0, 0.1) is 17.2 Å². The zero-order valence-electron chi connectivity index (χ0n) is 18.8. The summed E-state index contributed by atoms with van der Waals surface area (Å²) in [6.07, 6.45) is 7.96. The van der Waals surface area contributed by atoms with E-state index in [1.807, 2.05) is 6.07 Å². The molecule has 0 radical (unpaired) electrons. The molecule has 0 unspecified atom stereocenters. The number of amides is 1. The maximum atomic E-state index is 11.6. The molecule has 5 nitrogen and oxygen atoms in total. The maximum absolute atomic E-state index is 11.6. The maximum Gasteiger partial charge on any atom is 0.234 e. The Hall–Kier alpha value is -2.06. The number of nitriles is 1. The van der Waals surface area contributed by atoms with Crippen LogP contribution in [0.15, 0.2) is 18.2 Å². The SMILES string of the molecule is CCc1ccc(N2CCN(CC[C@H]3CC[C@H](NC(=O)CC#N)CC3)CC2)c(CC)c1. The summed E-state index contributed by atoms with van der Waals surface area (Å²) >= 11 is 0. The van der Waals surface area contributed by atoms with Crippen molar-refractivity contribution >= 4 is 11.6 Å². The molecular formula is C25H38N4O. The van der Waals surface area contributed by atoms with Gasteiger partial charge in [-0.15, -0.1) is 0 Å². The van der Waals surface area contributed by atoms with E-state index in [0.29, 0.717) is 0 Å². The normalized spacial score (nSPS) is 22.5. The van der Waals surface area contributed by atoms with Gasteiger partial charge in [-0.1, -0.05) is 26.0 Å². The molecule has 0 bridgehead atoms. The summed E-state index contributed by atoms with van der Waals surface area (Å²) in [6, 6.07) is 9.22. The molecule has 1 aromatic rings. The van der Waals surface area contributed by atoms with Gasteiger partial charge in [-0.25, -0.2) is 0 Å². The van der Waals surface area contributed by atoms with E-state index in [0.717, 1.165) is 57.8 Å². The van der Waals surface area contributed by atoms with Crippen LogP contribution in [0.2, 0.25) is 0 Å². The number of benzene rings is 1. The Morgan fingerprint density at radius 2 is 1.83 bits per heavy atom. The van der Waals surface area contributed by atoms with Crippen LogP contribution in [0.5, 0.6) is 0 Å². The van der Waals surface area contributed by atoms with Crippen molar-refractivity contribution < 1.29 is 4.79 Å². The molecule has 2 fully saturated rings. The Morgan fingerprint density at radius 1 is 1.10 bits per heavy atom. The molecule has 1 aliphatic heterocycles. The van der Waals surface area contributed by atoms with Gasteiger partial charge in [-0.2, -0.15) is 5.26 Å². The number of nitrogens with zero attached hydrogens (tertiary/aromatic N) is 3. The van der Waals surface area contributed by atoms with Gasteiger partial charge in [0.15, 0.2) is 0 Å². The van der Waals surface area contributed by atoms with Crippen LogP contribution < -0.4 is 10.2 Å². The lowest BCUT2D eigenvalue weighted by atomic mass is 9.84. The largest absolute Gasteiger partial charge is 0.369 e. The van der Waals surface area contributed by atoms with Gasteiger partial charge < -0.3 is 10.2 Å². The van der Waals surface area contributed by atoms with Crippen LogP contribution in [0.1, 0.15) is 63.5 Å². The second kappa shape index (κ2) is 11.4. The first kappa shape index (κ1) is 22.6. The highest BCUT2D eigenvalue weighted by Crippen LogP contribution is 2.28. The molecule has 1 amide bonds. The van der Waals surface area contributed by atoms with Crippen molar-refractivity contribution in [1.29, 1.82) is 5.26 Å². The van der Waals surface area contributed by atoms with Crippen molar-refractivity contribution in [3.8, 4) is 6.07 Å². The van der Waals surface area contributed by atoms with Gasteiger partial charge in [0.1, 0.15) is 6.42 Å². The molecule has 1 heterocycles. The minimum absolute atomic E-state index is 0.0194. The molecular weight excluding hydrogens is 372 g/mol. The predicted octanol–water partition coefficient (Wildman–Crippen LogP) is 3.91. The fourth-order valence-electron chi connectivity index (χ4n) is 4.97. The Bertz CT molecular complexity index is 725. The number of piperazine rings is 1. The first-order chi connectivity index (χ1) is 14.6. The van der Waals surface area contributed by atoms with Crippen LogP contribution in [0.3, 0.4) is 0 Å². The molecule has 164 valence electrons. The number of carbonyl (C=O) groups is 1. The second-order valence-corrected chi connectivity index (χ2v) is 8.91. The molecule has 2 aliphatic rings. The molecule has 3 rings (SSSR count). The van der Waals surface area contributed by atoms with Crippen molar-refractivity contribution in [2.24, 2.45) is 5.92 Å². The Labute approximate surface area is 182 Å². The molecule has 1 aliphatic carbocycles. The van der Waals surface area contributed by atoms with Crippen LogP contribution in [-0.4, -0.2) is 49.6 Å². The number of aryl methyl sites for hydroxylation is 2. The van der Waals surface area contributed by atoms with Gasteiger partial charge in [-0.3, -0.25) is 9.69 Å². The Balaban J connectivity index is 1.38. The zero-order chi connectivity index (χ0) is 21.3. The van der Waals surface area contributed by atoms with E-state index in [1.165, 1.54) is 42.6 Å². The molecule has 1 saturated heterocycles. The highest BCUT2D eigenvalue weighted by atomic mass is 16.1. The van der Waals surface area contributed by atoms with Gasteiger partial charge in [0.25, 0.3) is 0 Å². The van der Waals surface area contributed by atoms with Gasteiger partial charge in [0.2, 0.25) is 5.91 Å². The van der Waals surface area contributed by atoms with Crippen molar-refractivity contribution in [1.82, 2.24) is 10.2 Å². The fourth-order valence-corrected chi connectivity index (χ4v) is 4.97. The van der Waals surface area contributed by atoms with Crippen LogP contribution in [0.25, 0.3) is 0 Å². The highest BCUT2D eigenvalue weighted by molar-refractivity contribution is 5.78. The van der Waals surface area contributed by atoms with E-state index >= 15 is 0 Å². The van der Waals surface area contributed by atoms with Crippen molar-refractivity contribution in [3.05, 3.63) is 29.3 Å². The molecule has 5 heteroatoms. The lowest BCUT2D eigenvalue weighted by Gasteiger charge is -2.38. The lowest BCUT2D eigenvalue weighted by Crippen LogP contribution is -2.47. The molecule has 30 heavy (non-hydrogen) atoms. The number of rotatable bonds is 8. The number of nitrogens with one attached hydrogen (secondary N) is 1. The topological polar surface area (TPSA) is 59.4 Å². The number of hydrogen-bond acceptors (Lipinski definition) is 4. The number of carbonyl (C=O) groups excluding carboxylic acids is 1. The van der Waals surface area contributed by atoms with Crippen LogP contribution in [0.4, 0.5) is 5.69 Å². The molecule has 1 saturated carbocycles. The average Bonchev–Trinajstić information content (AvgIpc) is 2.78. The molecule has 1 aromatic carbocycles. The first-order valence-corrected chi connectivity index (χ1v) is 11.9. The van der Waals surface area contributed by atoms with Crippen LogP contribution in [-0.2, 0) is 17.6 Å². The predicted molar refractivity (Wildman–Crippen MR) is 123 cm³/mol. The van der Waals surface area contributed by atoms with E-state index in [9.17, 15) is 4.79 Å². The van der Waals surface area contributed by atoms with Gasteiger partial charge in [-0.05, 0) is 74.6 Å². The molecule has 1 N–H and O–H groups in total. The molecule has 0 spiro atoms. The number of anilines is 1. The quantitative estimate of drug-likeness (QED) is 0.706. The summed E-state index contributed by atoms with van der Waals surface area (Å²) in [6.45, 7) is 10.2. The average molecular weight is 411 g/mol. The summed E-state index contributed by atoms with van der Waals surface area (Å²) < 4.78 is 0. The van der Waals surface area contributed by atoms with E-state index in [2.05, 4.69) is 47.2 Å².